The monoisotopic (exact) mass is 498 g/mol. The Hall–Kier alpha value is -4.12. The van der Waals surface area contributed by atoms with Gasteiger partial charge in [0.25, 0.3) is 11.7 Å². The summed E-state index contributed by atoms with van der Waals surface area (Å²) in [6, 6.07) is 18.9. The van der Waals surface area contributed by atoms with E-state index >= 15 is 0 Å². The minimum atomic E-state index is -2.91. The molecule has 8 nitrogen and oxygen atoms in total. The Labute approximate surface area is 203 Å². The van der Waals surface area contributed by atoms with Crippen LogP contribution in [0.5, 0.6) is 5.75 Å². The zero-order chi connectivity index (χ0) is 24.8. The molecule has 1 amide bonds. The topological polar surface area (TPSA) is 86.5 Å². The smallest absolute Gasteiger partial charge is 0.387 e. The highest BCUT2D eigenvalue weighted by atomic mass is 32.1. The van der Waals surface area contributed by atoms with E-state index in [0.717, 1.165) is 10.6 Å². The molecule has 0 saturated heterocycles. The number of aromatic nitrogens is 3. The molecule has 0 saturated carbocycles. The molecule has 4 aromatic rings. The summed E-state index contributed by atoms with van der Waals surface area (Å²) in [5.74, 6) is -0.931. The number of para-hydroxylation sites is 1. The Morgan fingerprint density at radius 1 is 1.06 bits per heavy atom. The minimum Gasteiger partial charge on any atom is -0.450 e. The number of nitrogens with zero attached hydrogens (tertiary/aromatic N) is 4. The van der Waals surface area contributed by atoms with E-state index in [2.05, 4.69) is 14.8 Å². The van der Waals surface area contributed by atoms with E-state index in [1.807, 2.05) is 47.8 Å². The molecule has 0 radical (unpaired) electrons. The molecule has 0 spiro atoms. The lowest BCUT2D eigenvalue weighted by Crippen LogP contribution is -2.31. The summed E-state index contributed by atoms with van der Waals surface area (Å²) in [7, 11) is 1.54. The van der Waals surface area contributed by atoms with Crippen LogP contribution in [0.25, 0.3) is 16.4 Å². The number of carbonyl (C=O) groups excluding carboxylic acids is 2. The largest absolute Gasteiger partial charge is 0.450 e. The number of rotatable bonds is 9. The first-order valence-corrected chi connectivity index (χ1v) is 11.3. The number of benzene rings is 2. The summed E-state index contributed by atoms with van der Waals surface area (Å²) in [6.45, 7) is -3.22. The first-order valence-electron chi connectivity index (χ1n) is 10.4. The second kappa shape index (κ2) is 10.9. The van der Waals surface area contributed by atoms with Crippen LogP contribution in [0.2, 0.25) is 0 Å². The van der Waals surface area contributed by atoms with E-state index in [-0.39, 0.29) is 18.1 Å². The van der Waals surface area contributed by atoms with Crippen molar-refractivity contribution in [2.24, 2.45) is 0 Å². The Morgan fingerprint density at radius 2 is 1.80 bits per heavy atom. The Morgan fingerprint density at radius 3 is 2.46 bits per heavy atom. The minimum absolute atomic E-state index is 0.0241. The number of hydrogen-bond acceptors (Lipinski definition) is 7. The molecule has 0 aliphatic carbocycles. The quantitative estimate of drug-likeness (QED) is 0.318. The molecule has 0 unspecified atom stereocenters. The molecular formula is C24H20F2N4O4S. The first-order chi connectivity index (χ1) is 16.9. The van der Waals surface area contributed by atoms with Crippen LogP contribution in [-0.2, 0) is 16.1 Å². The molecule has 0 bridgehead atoms. The molecule has 2 heterocycles. The van der Waals surface area contributed by atoms with E-state index in [9.17, 15) is 18.4 Å². The van der Waals surface area contributed by atoms with Gasteiger partial charge in [0, 0.05) is 13.6 Å². The third-order valence-corrected chi connectivity index (χ3v) is 5.72. The molecule has 0 fully saturated rings. The average molecular weight is 499 g/mol. The molecule has 2 aromatic heterocycles. The molecule has 2 aromatic carbocycles. The van der Waals surface area contributed by atoms with Crippen LogP contribution in [0, 0.1) is 0 Å². The fourth-order valence-corrected chi connectivity index (χ4v) is 3.85. The number of carbonyl (C=O) groups is 2. The normalized spacial score (nSPS) is 10.9. The van der Waals surface area contributed by atoms with Gasteiger partial charge in [0.15, 0.2) is 12.4 Å². The predicted molar refractivity (Wildman–Crippen MR) is 125 cm³/mol. The molecule has 180 valence electrons. The van der Waals surface area contributed by atoms with E-state index in [0.29, 0.717) is 11.4 Å². The van der Waals surface area contributed by atoms with Gasteiger partial charge in [0.05, 0.1) is 10.6 Å². The summed E-state index contributed by atoms with van der Waals surface area (Å²) in [5, 5.41) is 6.20. The lowest BCUT2D eigenvalue weighted by molar-refractivity contribution is -0.133. The van der Waals surface area contributed by atoms with Crippen LogP contribution >= 0.6 is 11.3 Å². The Bertz CT molecular complexity index is 1280. The Balaban J connectivity index is 1.39. The van der Waals surface area contributed by atoms with Gasteiger partial charge in [-0.2, -0.15) is 13.8 Å². The van der Waals surface area contributed by atoms with Crippen molar-refractivity contribution in [1.29, 1.82) is 0 Å². The van der Waals surface area contributed by atoms with Crippen molar-refractivity contribution in [1.82, 2.24) is 19.7 Å². The van der Waals surface area contributed by atoms with E-state index in [1.54, 1.807) is 16.8 Å². The van der Waals surface area contributed by atoms with Gasteiger partial charge in [-0.1, -0.05) is 36.4 Å². The van der Waals surface area contributed by atoms with E-state index < -0.39 is 25.1 Å². The number of esters is 1. The van der Waals surface area contributed by atoms with Gasteiger partial charge >= 0.3 is 12.6 Å². The number of alkyl halides is 2. The van der Waals surface area contributed by atoms with Gasteiger partial charge in [-0.25, -0.2) is 9.48 Å². The third kappa shape index (κ3) is 6.07. The zero-order valence-electron chi connectivity index (χ0n) is 18.5. The van der Waals surface area contributed by atoms with Crippen molar-refractivity contribution < 1.29 is 27.8 Å². The summed E-state index contributed by atoms with van der Waals surface area (Å²) in [6.07, 6.45) is 0. The number of likely N-dealkylation sites (N-methyl/N-ethyl adjacent to an activating group) is 1. The van der Waals surface area contributed by atoms with Gasteiger partial charge in [-0.05, 0) is 41.3 Å². The maximum absolute atomic E-state index is 12.6. The van der Waals surface area contributed by atoms with E-state index in [4.69, 9.17) is 4.74 Å². The van der Waals surface area contributed by atoms with Gasteiger partial charge < -0.3 is 14.4 Å². The fourth-order valence-electron chi connectivity index (χ4n) is 3.15. The molecule has 0 aliphatic heterocycles. The van der Waals surface area contributed by atoms with Gasteiger partial charge in [0.2, 0.25) is 0 Å². The van der Waals surface area contributed by atoms with Gasteiger partial charge in [-0.3, -0.25) is 4.79 Å². The molecule has 0 N–H and O–H groups in total. The highest BCUT2D eigenvalue weighted by Gasteiger charge is 2.22. The van der Waals surface area contributed by atoms with Crippen molar-refractivity contribution >= 4 is 23.2 Å². The van der Waals surface area contributed by atoms with Crippen molar-refractivity contribution in [3.63, 3.8) is 0 Å². The van der Waals surface area contributed by atoms with E-state index in [1.165, 1.54) is 35.4 Å². The number of ether oxygens (including phenoxy) is 2. The predicted octanol–water partition coefficient (Wildman–Crippen LogP) is 4.41. The molecular weight excluding hydrogens is 478 g/mol. The average Bonchev–Trinajstić information content (AvgIpc) is 3.54. The highest BCUT2D eigenvalue weighted by molar-refractivity contribution is 7.13. The van der Waals surface area contributed by atoms with Gasteiger partial charge in [0.1, 0.15) is 5.75 Å². The van der Waals surface area contributed by atoms with Crippen molar-refractivity contribution in [2.75, 3.05) is 13.7 Å². The lowest BCUT2D eigenvalue weighted by atomic mass is 10.2. The molecule has 4 rings (SSSR count). The first kappa shape index (κ1) is 24.0. The van der Waals surface area contributed by atoms with Crippen LogP contribution in [0.4, 0.5) is 8.78 Å². The third-order valence-electron chi connectivity index (χ3n) is 4.85. The Kier molecular flexibility index (Phi) is 7.46. The van der Waals surface area contributed by atoms with Crippen molar-refractivity contribution in [2.45, 2.75) is 13.2 Å². The van der Waals surface area contributed by atoms with Crippen LogP contribution in [0.3, 0.4) is 0 Å². The van der Waals surface area contributed by atoms with Crippen LogP contribution < -0.4 is 4.74 Å². The maximum Gasteiger partial charge on any atom is 0.387 e. The highest BCUT2D eigenvalue weighted by Crippen LogP contribution is 2.25. The summed E-state index contributed by atoms with van der Waals surface area (Å²) >= 11 is 1.46. The fraction of sp³-hybridized carbons (Fsp3) is 0.167. The molecule has 11 heteroatoms. The number of thiophene rings is 1. The van der Waals surface area contributed by atoms with Gasteiger partial charge in [-0.15, -0.1) is 16.4 Å². The number of hydrogen-bond donors (Lipinski definition) is 0. The molecule has 0 atom stereocenters. The molecule has 0 aliphatic rings. The van der Waals surface area contributed by atoms with Crippen LogP contribution in [0.15, 0.2) is 72.1 Å². The molecule has 35 heavy (non-hydrogen) atoms. The second-order valence-electron chi connectivity index (χ2n) is 7.33. The second-order valence-corrected chi connectivity index (χ2v) is 8.28. The number of amides is 1. The van der Waals surface area contributed by atoms with Crippen LogP contribution in [-0.4, -0.2) is 51.8 Å². The summed E-state index contributed by atoms with van der Waals surface area (Å²) < 4.78 is 35.6. The maximum atomic E-state index is 12.6. The standard InChI is InChI=1S/C24H20F2N4O4S/c1-29(14-16-9-11-18(12-10-16)34-24(25)26)20(31)15-33-23(32)21-27-22(19-8-5-13-35-19)30(28-21)17-6-3-2-4-7-17/h2-13,24H,14-15H2,1H3. The van der Waals surface area contributed by atoms with Crippen molar-refractivity contribution in [3.05, 3.63) is 83.5 Å². The van der Waals surface area contributed by atoms with Crippen LogP contribution in [0.1, 0.15) is 16.2 Å². The zero-order valence-corrected chi connectivity index (χ0v) is 19.3. The van der Waals surface area contributed by atoms with Crippen molar-refractivity contribution in [3.8, 4) is 22.1 Å². The summed E-state index contributed by atoms with van der Waals surface area (Å²) in [5.41, 5.74) is 1.42. The lowest BCUT2D eigenvalue weighted by Gasteiger charge is -2.17. The summed E-state index contributed by atoms with van der Waals surface area (Å²) in [4.78, 5) is 31.6. The SMILES string of the molecule is CN(Cc1ccc(OC(F)F)cc1)C(=O)COC(=O)c1nc(-c2cccs2)n(-c2ccccc2)n1. The number of halogens is 2.